The van der Waals surface area contributed by atoms with Gasteiger partial charge in [0.25, 0.3) is 5.91 Å². The van der Waals surface area contributed by atoms with Gasteiger partial charge in [-0.3, -0.25) is 4.79 Å². The second-order valence-electron chi connectivity index (χ2n) is 10.1. The van der Waals surface area contributed by atoms with E-state index in [2.05, 4.69) is 0 Å². The molecule has 1 N–H and O–H groups in total. The third-order valence-electron chi connectivity index (χ3n) is 7.09. The second kappa shape index (κ2) is 12.2. The van der Waals surface area contributed by atoms with Crippen molar-refractivity contribution >= 4 is 12.0 Å². The maximum Gasteiger partial charge on any atom is 0.415 e. The highest BCUT2D eigenvalue weighted by Gasteiger charge is 2.31. The number of hydrogen-bond acceptors (Lipinski definition) is 5. The number of aryl methyl sites for hydroxylation is 1. The molecule has 2 amide bonds. The number of hydrogen-bond donors (Lipinski definition) is 1. The first-order chi connectivity index (χ1) is 18.3. The molecule has 1 aliphatic rings. The zero-order valence-corrected chi connectivity index (χ0v) is 22.5. The first-order valence-electron chi connectivity index (χ1n) is 13.0. The third kappa shape index (κ3) is 6.23. The fourth-order valence-corrected chi connectivity index (χ4v) is 4.68. The Hall–Kier alpha value is -3.68. The van der Waals surface area contributed by atoms with Crippen molar-refractivity contribution in [3.8, 4) is 16.9 Å². The summed E-state index contributed by atoms with van der Waals surface area (Å²) in [6, 6.07) is 22.4. The van der Waals surface area contributed by atoms with Crippen LogP contribution < -0.4 is 4.74 Å². The van der Waals surface area contributed by atoms with Crippen LogP contribution in [-0.4, -0.2) is 65.8 Å². The number of carbonyl (C=O) groups is 2. The van der Waals surface area contributed by atoms with Gasteiger partial charge in [-0.25, -0.2) is 4.79 Å². The predicted molar refractivity (Wildman–Crippen MR) is 147 cm³/mol. The van der Waals surface area contributed by atoms with Crippen molar-refractivity contribution in [3.63, 3.8) is 0 Å². The fourth-order valence-electron chi connectivity index (χ4n) is 4.68. The normalized spacial score (nSPS) is 18.6. The van der Waals surface area contributed by atoms with E-state index in [1.165, 1.54) is 4.90 Å². The van der Waals surface area contributed by atoms with Gasteiger partial charge in [0, 0.05) is 25.1 Å². The van der Waals surface area contributed by atoms with Crippen molar-refractivity contribution < 1.29 is 24.2 Å². The summed E-state index contributed by atoms with van der Waals surface area (Å²) < 4.78 is 12.0. The highest BCUT2D eigenvalue weighted by molar-refractivity contribution is 6.01. The van der Waals surface area contributed by atoms with E-state index in [4.69, 9.17) is 9.47 Å². The third-order valence-corrected chi connectivity index (χ3v) is 7.09. The molecule has 0 aliphatic carbocycles. The van der Waals surface area contributed by atoms with E-state index >= 15 is 0 Å². The van der Waals surface area contributed by atoms with Crippen LogP contribution in [0.2, 0.25) is 0 Å². The Labute approximate surface area is 224 Å². The van der Waals surface area contributed by atoms with Gasteiger partial charge in [-0.15, -0.1) is 0 Å². The van der Waals surface area contributed by atoms with Crippen molar-refractivity contribution in [1.29, 1.82) is 0 Å². The minimum Gasteiger partial charge on any atom is -0.410 e. The van der Waals surface area contributed by atoms with E-state index in [9.17, 15) is 14.7 Å². The summed E-state index contributed by atoms with van der Waals surface area (Å²) in [4.78, 5) is 30.0. The minimum absolute atomic E-state index is 0.139. The van der Waals surface area contributed by atoms with E-state index in [-0.39, 0.29) is 37.1 Å². The molecule has 7 nitrogen and oxygen atoms in total. The molecule has 0 radical (unpaired) electrons. The molecule has 4 rings (SSSR count). The average molecular weight is 517 g/mol. The molecular weight excluding hydrogens is 480 g/mol. The standard InChI is InChI=1S/C31H36N2O5/c1-21-13-15-25(16-14-21)38-31(36)32(4)18-29-22(2)17-33(23(3)19-34)30(35)28-12-8-7-11-27(28)26-10-6-5-9-24(26)20-37-29/h5-16,22-23,29,34H,17-20H2,1-4H3/t22-,23+,29-/m0/s1. The number of amides is 2. The molecule has 3 aromatic carbocycles. The van der Waals surface area contributed by atoms with Gasteiger partial charge >= 0.3 is 6.09 Å². The topological polar surface area (TPSA) is 79.3 Å². The molecule has 0 spiro atoms. The lowest BCUT2D eigenvalue weighted by atomic mass is 9.94. The van der Waals surface area contributed by atoms with Gasteiger partial charge in [-0.2, -0.15) is 0 Å². The van der Waals surface area contributed by atoms with Gasteiger partial charge in [0.2, 0.25) is 0 Å². The number of benzene rings is 3. The predicted octanol–water partition coefficient (Wildman–Crippen LogP) is 5.15. The van der Waals surface area contributed by atoms with Crippen molar-refractivity contribution in [3.05, 3.63) is 89.5 Å². The number of rotatable bonds is 5. The zero-order valence-electron chi connectivity index (χ0n) is 22.5. The van der Waals surface area contributed by atoms with Crippen LogP contribution in [0.15, 0.2) is 72.8 Å². The summed E-state index contributed by atoms with van der Waals surface area (Å²) >= 11 is 0. The molecular formula is C31H36N2O5. The smallest absolute Gasteiger partial charge is 0.410 e. The molecule has 3 atom stereocenters. The number of aliphatic hydroxyl groups is 1. The lowest BCUT2D eigenvalue weighted by Crippen LogP contribution is -2.47. The number of ether oxygens (including phenoxy) is 2. The molecule has 0 fully saturated rings. The van der Waals surface area contributed by atoms with Gasteiger partial charge < -0.3 is 24.4 Å². The summed E-state index contributed by atoms with van der Waals surface area (Å²) in [6.45, 7) is 6.61. The lowest BCUT2D eigenvalue weighted by Gasteiger charge is -2.35. The average Bonchev–Trinajstić information content (AvgIpc) is 2.95. The van der Waals surface area contributed by atoms with Crippen molar-refractivity contribution in [2.45, 2.75) is 39.5 Å². The highest BCUT2D eigenvalue weighted by Crippen LogP contribution is 2.31. The molecule has 0 aromatic heterocycles. The van der Waals surface area contributed by atoms with Gasteiger partial charge in [-0.05, 0) is 48.7 Å². The minimum atomic E-state index is -0.483. The molecule has 0 bridgehead atoms. The first kappa shape index (κ1) is 27.4. The van der Waals surface area contributed by atoms with Crippen LogP contribution in [0.25, 0.3) is 11.1 Å². The van der Waals surface area contributed by atoms with Gasteiger partial charge in [-0.1, -0.05) is 67.1 Å². The Morgan fingerprint density at radius 3 is 2.37 bits per heavy atom. The number of nitrogens with zero attached hydrogens (tertiary/aromatic N) is 2. The summed E-state index contributed by atoms with van der Waals surface area (Å²) in [5, 5.41) is 9.99. The van der Waals surface area contributed by atoms with Crippen LogP contribution in [0.5, 0.6) is 5.75 Å². The molecule has 7 heteroatoms. The summed E-state index contributed by atoms with van der Waals surface area (Å²) in [6.07, 6.45) is -0.871. The van der Waals surface area contributed by atoms with Crippen molar-refractivity contribution in [1.82, 2.24) is 9.80 Å². The second-order valence-corrected chi connectivity index (χ2v) is 10.1. The summed E-state index contributed by atoms with van der Waals surface area (Å²) in [7, 11) is 1.68. The Bertz CT molecular complexity index is 1260. The Morgan fingerprint density at radius 1 is 1.05 bits per heavy atom. The van der Waals surface area contributed by atoms with Gasteiger partial charge in [0.1, 0.15) is 5.75 Å². The molecule has 1 aliphatic heterocycles. The van der Waals surface area contributed by atoms with Crippen molar-refractivity contribution in [2.24, 2.45) is 5.92 Å². The van der Waals surface area contributed by atoms with E-state index in [0.717, 1.165) is 22.3 Å². The Kier molecular flexibility index (Phi) is 8.81. The van der Waals surface area contributed by atoms with Crippen LogP contribution in [0.1, 0.15) is 35.3 Å². The van der Waals surface area contributed by atoms with Crippen LogP contribution in [-0.2, 0) is 11.3 Å². The van der Waals surface area contributed by atoms with Gasteiger partial charge in [0.15, 0.2) is 0 Å². The van der Waals surface area contributed by atoms with E-state index in [0.29, 0.717) is 24.5 Å². The molecule has 200 valence electrons. The molecule has 3 aromatic rings. The fraction of sp³-hybridized carbons (Fsp3) is 0.355. The first-order valence-corrected chi connectivity index (χ1v) is 13.0. The van der Waals surface area contributed by atoms with E-state index in [1.807, 2.05) is 81.4 Å². The van der Waals surface area contributed by atoms with Crippen LogP contribution in [0.3, 0.4) is 0 Å². The number of fused-ring (bicyclic) bond motifs is 3. The van der Waals surface area contributed by atoms with Gasteiger partial charge in [0.05, 0.1) is 31.9 Å². The number of carbonyl (C=O) groups excluding carboxylic acids is 2. The maximum absolute atomic E-state index is 13.9. The monoisotopic (exact) mass is 516 g/mol. The quantitative estimate of drug-likeness (QED) is 0.507. The largest absolute Gasteiger partial charge is 0.415 e. The molecule has 1 heterocycles. The SMILES string of the molecule is Cc1ccc(OC(=O)N(C)C[C@@H]2OCc3ccccc3-c3ccccc3C(=O)N([C@H](C)CO)C[C@@H]2C)cc1. The Morgan fingerprint density at radius 2 is 1.68 bits per heavy atom. The lowest BCUT2D eigenvalue weighted by molar-refractivity contribution is -0.0205. The van der Waals surface area contributed by atoms with Crippen LogP contribution >= 0.6 is 0 Å². The highest BCUT2D eigenvalue weighted by atomic mass is 16.6. The molecule has 38 heavy (non-hydrogen) atoms. The van der Waals surface area contributed by atoms with Crippen LogP contribution in [0, 0.1) is 12.8 Å². The summed E-state index contributed by atoms with van der Waals surface area (Å²) in [5.74, 6) is 0.195. The summed E-state index contributed by atoms with van der Waals surface area (Å²) in [5.41, 5.74) is 4.38. The molecule has 0 saturated carbocycles. The molecule has 0 saturated heterocycles. The number of likely N-dealkylation sites (N-methyl/N-ethyl adjacent to an activating group) is 1. The van der Waals surface area contributed by atoms with Crippen molar-refractivity contribution in [2.75, 3.05) is 26.7 Å². The maximum atomic E-state index is 13.9. The zero-order chi connectivity index (χ0) is 27.2. The van der Waals surface area contributed by atoms with E-state index < -0.39 is 6.09 Å². The van der Waals surface area contributed by atoms with Crippen LogP contribution in [0.4, 0.5) is 4.79 Å². The Balaban J connectivity index is 1.64. The molecule has 0 unspecified atom stereocenters. The van der Waals surface area contributed by atoms with E-state index in [1.54, 1.807) is 24.1 Å². The number of aliphatic hydroxyl groups excluding tert-OH is 1.